The molecule has 0 N–H and O–H groups in total. The summed E-state index contributed by atoms with van der Waals surface area (Å²) in [6, 6.07) is 0. The lowest BCUT2D eigenvalue weighted by molar-refractivity contribution is -0.156. The summed E-state index contributed by atoms with van der Waals surface area (Å²) < 4.78 is 5.33. The van der Waals surface area contributed by atoms with Crippen molar-refractivity contribution >= 4 is 5.97 Å². The van der Waals surface area contributed by atoms with Gasteiger partial charge in [-0.2, -0.15) is 0 Å². The number of carbonyl (C=O) groups excluding carboxylic acids is 1. The van der Waals surface area contributed by atoms with Crippen LogP contribution in [0.25, 0.3) is 0 Å². The van der Waals surface area contributed by atoms with Crippen molar-refractivity contribution < 1.29 is 9.53 Å². The van der Waals surface area contributed by atoms with E-state index >= 15 is 0 Å². The Bertz CT molecular complexity index is 162. The SMILES string of the molecule is CCCCCCC(C)(C)OC(=O)CC. The minimum absolute atomic E-state index is 0.0921. The molecule has 0 atom stereocenters. The second-order valence-electron chi connectivity index (χ2n) is 4.40. The molecule has 0 fully saturated rings. The van der Waals surface area contributed by atoms with Crippen LogP contribution < -0.4 is 0 Å². The predicted molar refractivity (Wildman–Crippen MR) is 59.2 cm³/mol. The van der Waals surface area contributed by atoms with Crippen molar-refractivity contribution in [1.82, 2.24) is 0 Å². The number of esters is 1. The summed E-state index contributed by atoms with van der Waals surface area (Å²) in [5, 5.41) is 0. The molecule has 0 saturated heterocycles. The first-order chi connectivity index (χ1) is 6.52. The number of rotatable bonds is 7. The second-order valence-corrected chi connectivity index (χ2v) is 4.40. The van der Waals surface area contributed by atoms with Crippen molar-refractivity contribution in [2.45, 2.75) is 71.8 Å². The highest BCUT2D eigenvalue weighted by molar-refractivity contribution is 5.69. The fourth-order valence-corrected chi connectivity index (χ4v) is 1.41. The molecule has 0 unspecified atom stereocenters. The van der Waals surface area contributed by atoms with E-state index in [-0.39, 0.29) is 11.6 Å². The third kappa shape index (κ3) is 6.93. The molecule has 0 aromatic rings. The van der Waals surface area contributed by atoms with E-state index in [1.165, 1.54) is 19.3 Å². The fraction of sp³-hybridized carbons (Fsp3) is 0.917. The quantitative estimate of drug-likeness (QED) is 0.463. The molecule has 0 aliphatic carbocycles. The van der Waals surface area contributed by atoms with Gasteiger partial charge in [-0.05, 0) is 26.7 Å². The number of unbranched alkanes of at least 4 members (excludes halogenated alkanes) is 3. The molecular weight excluding hydrogens is 176 g/mol. The number of carbonyl (C=O) groups is 1. The zero-order valence-electron chi connectivity index (χ0n) is 10.1. The molecule has 0 saturated carbocycles. The van der Waals surface area contributed by atoms with Crippen LogP contribution in [0.5, 0.6) is 0 Å². The summed E-state index contributed by atoms with van der Waals surface area (Å²) in [6.07, 6.45) is 6.35. The van der Waals surface area contributed by atoms with Gasteiger partial charge in [-0.3, -0.25) is 4.79 Å². The summed E-state index contributed by atoms with van der Waals surface area (Å²) in [4.78, 5) is 11.1. The Balaban J connectivity index is 3.66. The summed E-state index contributed by atoms with van der Waals surface area (Å²) in [5.74, 6) is -0.0921. The number of hydrogen-bond acceptors (Lipinski definition) is 2. The van der Waals surface area contributed by atoms with Gasteiger partial charge >= 0.3 is 5.97 Å². The molecular formula is C12H24O2. The average Bonchev–Trinajstić information content (AvgIpc) is 2.12. The Morgan fingerprint density at radius 3 is 2.29 bits per heavy atom. The van der Waals surface area contributed by atoms with Gasteiger partial charge in [0.25, 0.3) is 0 Å². The largest absolute Gasteiger partial charge is 0.460 e. The minimum atomic E-state index is -0.277. The highest BCUT2D eigenvalue weighted by Gasteiger charge is 2.21. The molecule has 2 nitrogen and oxygen atoms in total. The van der Waals surface area contributed by atoms with E-state index in [1.807, 2.05) is 20.8 Å². The van der Waals surface area contributed by atoms with E-state index in [1.54, 1.807) is 0 Å². The van der Waals surface area contributed by atoms with E-state index in [9.17, 15) is 4.79 Å². The minimum Gasteiger partial charge on any atom is -0.460 e. The molecule has 0 radical (unpaired) electrons. The molecule has 0 aliphatic heterocycles. The van der Waals surface area contributed by atoms with Crippen LogP contribution in [0.4, 0.5) is 0 Å². The van der Waals surface area contributed by atoms with Crippen LogP contribution in [0.3, 0.4) is 0 Å². The Hall–Kier alpha value is -0.530. The monoisotopic (exact) mass is 200 g/mol. The van der Waals surface area contributed by atoms with E-state index in [4.69, 9.17) is 4.74 Å². The number of hydrogen-bond donors (Lipinski definition) is 0. The van der Waals surface area contributed by atoms with Crippen molar-refractivity contribution in [2.75, 3.05) is 0 Å². The van der Waals surface area contributed by atoms with Crippen molar-refractivity contribution in [2.24, 2.45) is 0 Å². The smallest absolute Gasteiger partial charge is 0.306 e. The first-order valence-corrected chi connectivity index (χ1v) is 5.73. The molecule has 0 aromatic carbocycles. The molecule has 0 aliphatic rings. The van der Waals surface area contributed by atoms with Gasteiger partial charge in [0.2, 0.25) is 0 Å². The highest BCUT2D eigenvalue weighted by atomic mass is 16.6. The van der Waals surface area contributed by atoms with Gasteiger partial charge in [-0.25, -0.2) is 0 Å². The van der Waals surface area contributed by atoms with Crippen molar-refractivity contribution in [3.8, 4) is 0 Å². The molecule has 84 valence electrons. The van der Waals surface area contributed by atoms with Crippen LogP contribution in [0, 0.1) is 0 Å². The Kier molecular flexibility index (Phi) is 6.60. The average molecular weight is 200 g/mol. The van der Waals surface area contributed by atoms with Crippen molar-refractivity contribution in [3.63, 3.8) is 0 Å². The van der Waals surface area contributed by atoms with Crippen LogP contribution >= 0.6 is 0 Å². The van der Waals surface area contributed by atoms with E-state index in [2.05, 4.69) is 6.92 Å². The Morgan fingerprint density at radius 1 is 1.14 bits per heavy atom. The van der Waals surface area contributed by atoms with E-state index in [0.717, 1.165) is 12.8 Å². The predicted octanol–water partition coefficient (Wildman–Crippen LogP) is 3.69. The van der Waals surface area contributed by atoms with Gasteiger partial charge in [0, 0.05) is 6.42 Å². The lowest BCUT2D eigenvalue weighted by Gasteiger charge is -2.24. The molecule has 0 amide bonds. The van der Waals surface area contributed by atoms with Crippen LogP contribution in [0.1, 0.15) is 66.2 Å². The highest BCUT2D eigenvalue weighted by Crippen LogP contribution is 2.19. The first kappa shape index (κ1) is 13.5. The van der Waals surface area contributed by atoms with Crippen molar-refractivity contribution in [3.05, 3.63) is 0 Å². The first-order valence-electron chi connectivity index (χ1n) is 5.73. The zero-order chi connectivity index (χ0) is 11.0. The normalized spacial score (nSPS) is 11.4. The van der Waals surface area contributed by atoms with Gasteiger partial charge in [0.05, 0.1) is 0 Å². The Morgan fingerprint density at radius 2 is 1.79 bits per heavy atom. The third-order valence-corrected chi connectivity index (χ3v) is 2.31. The summed E-state index contributed by atoms with van der Waals surface area (Å²) in [5.41, 5.74) is -0.277. The van der Waals surface area contributed by atoms with Gasteiger partial charge in [-0.15, -0.1) is 0 Å². The van der Waals surface area contributed by atoms with E-state index in [0.29, 0.717) is 6.42 Å². The van der Waals surface area contributed by atoms with Crippen molar-refractivity contribution in [1.29, 1.82) is 0 Å². The van der Waals surface area contributed by atoms with Crippen LogP contribution in [0.15, 0.2) is 0 Å². The van der Waals surface area contributed by atoms with Gasteiger partial charge in [0.15, 0.2) is 0 Å². The lowest BCUT2D eigenvalue weighted by Crippen LogP contribution is -2.27. The third-order valence-electron chi connectivity index (χ3n) is 2.31. The maximum atomic E-state index is 11.1. The van der Waals surface area contributed by atoms with Crippen LogP contribution in [-0.2, 0) is 9.53 Å². The summed E-state index contributed by atoms with van der Waals surface area (Å²) in [6.45, 7) is 8.01. The van der Waals surface area contributed by atoms with Crippen LogP contribution in [-0.4, -0.2) is 11.6 Å². The molecule has 0 heterocycles. The molecule has 0 aromatic heterocycles. The fourth-order valence-electron chi connectivity index (χ4n) is 1.41. The zero-order valence-corrected chi connectivity index (χ0v) is 10.1. The summed E-state index contributed by atoms with van der Waals surface area (Å²) in [7, 11) is 0. The molecule has 14 heavy (non-hydrogen) atoms. The van der Waals surface area contributed by atoms with Gasteiger partial charge in [0.1, 0.15) is 5.60 Å². The Labute approximate surface area is 88.0 Å². The van der Waals surface area contributed by atoms with Crippen LogP contribution in [0.2, 0.25) is 0 Å². The standard InChI is InChI=1S/C12H24O2/c1-5-7-8-9-10-12(3,4)14-11(13)6-2/h5-10H2,1-4H3. The maximum absolute atomic E-state index is 11.1. The lowest BCUT2D eigenvalue weighted by atomic mass is 10.00. The van der Waals surface area contributed by atoms with E-state index < -0.39 is 0 Å². The topological polar surface area (TPSA) is 26.3 Å². The number of ether oxygens (including phenoxy) is 1. The molecule has 0 rings (SSSR count). The molecule has 0 spiro atoms. The molecule has 2 heteroatoms. The van der Waals surface area contributed by atoms with Gasteiger partial charge < -0.3 is 4.74 Å². The maximum Gasteiger partial charge on any atom is 0.306 e. The second kappa shape index (κ2) is 6.86. The summed E-state index contributed by atoms with van der Waals surface area (Å²) >= 11 is 0. The van der Waals surface area contributed by atoms with Gasteiger partial charge in [-0.1, -0.05) is 33.1 Å². The molecule has 0 bridgehead atoms.